The second-order valence-electron chi connectivity index (χ2n) is 8.17. The van der Waals surface area contributed by atoms with Crippen LogP contribution in [0, 0.1) is 23.2 Å². The number of hydrogen-bond acceptors (Lipinski definition) is 2. The summed E-state index contributed by atoms with van der Waals surface area (Å²) >= 11 is 0. The minimum absolute atomic E-state index is 0.254. The SMILES string of the molecule is CCNC(COC1CC(C)CCC1C(C)C)C(C)(C)C. The molecule has 1 aliphatic carbocycles. The number of hydrogen-bond donors (Lipinski definition) is 1. The lowest BCUT2D eigenvalue weighted by atomic mass is 9.75. The first-order valence-electron chi connectivity index (χ1n) is 8.60. The quantitative estimate of drug-likeness (QED) is 0.775. The molecule has 1 N–H and O–H groups in total. The molecule has 1 aliphatic rings. The predicted molar refractivity (Wildman–Crippen MR) is 88.0 cm³/mol. The van der Waals surface area contributed by atoms with E-state index in [4.69, 9.17) is 4.74 Å². The number of ether oxygens (including phenoxy) is 1. The lowest BCUT2D eigenvalue weighted by Crippen LogP contribution is -2.46. The monoisotopic (exact) mass is 283 g/mol. The molecule has 0 aliphatic heterocycles. The third kappa shape index (κ3) is 5.37. The highest BCUT2D eigenvalue weighted by Crippen LogP contribution is 2.35. The molecule has 20 heavy (non-hydrogen) atoms. The van der Waals surface area contributed by atoms with Crippen molar-refractivity contribution in [2.45, 2.75) is 79.9 Å². The van der Waals surface area contributed by atoms with Crippen molar-refractivity contribution >= 4 is 0 Å². The maximum Gasteiger partial charge on any atom is 0.0628 e. The molecule has 2 nitrogen and oxygen atoms in total. The fourth-order valence-corrected chi connectivity index (χ4v) is 3.39. The molecule has 0 aromatic heterocycles. The molecule has 0 amide bonds. The summed E-state index contributed by atoms with van der Waals surface area (Å²) in [6, 6.07) is 0.442. The van der Waals surface area contributed by atoms with E-state index in [1.54, 1.807) is 0 Å². The third-order valence-corrected chi connectivity index (χ3v) is 4.93. The van der Waals surface area contributed by atoms with E-state index >= 15 is 0 Å². The van der Waals surface area contributed by atoms with Crippen LogP contribution in [0.1, 0.15) is 67.7 Å². The van der Waals surface area contributed by atoms with Crippen molar-refractivity contribution in [1.82, 2.24) is 5.32 Å². The Bertz CT molecular complexity index is 269. The van der Waals surface area contributed by atoms with Crippen LogP contribution in [0.25, 0.3) is 0 Å². The summed E-state index contributed by atoms with van der Waals surface area (Å²) in [6.07, 6.45) is 4.41. The largest absolute Gasteiger partial charge is 0.376 e. The fraction of sp³-hybridized carbons (Fsp3) is 1.00. The van der Waals surface area contributed by atoms with E-state index in [1.807, 2.05) is 0 Å². The van der Waals surface area contributed by atoms with Crippen molar-refractivity contribution in [3.63, 3.8) is 0 Å². The zero-order valence-corrected chi connectivity index (χ0v) is 14.8. The smallest absolute Gasteiger partial charge is 0.0628 e. The Morgan fingerprint density at radius 2 is 1.85 bits per heavy atom. The Balaban J connectivity index is 2.59. The number of likely N-dealkylation sites (N-methyl/N-ethyl adjacent to an activating group) is 1. The molecule has 1 rings (SSSR count). The molecule has 1 saturated carbocycles. The Kier molecular flexibility index (Phi) is 7.00. The fourth-order valence-electron chi connectivity index (χ4n) is 3.39. The van der Waals surface area contributed by atoms with Gasteiger partial charge in [-0.05, 0) is 42.6 Å². The molecule has 0 heterocycles. The van der Waals surface area contributed by atoms with Crippen LogP contribution in [0.5, 0.6) is 0 Å². The van der Waals surface area contributed by atoms with Crippen LogP contribution in [0.2, 0.25) is 0 Å². The Hall–Kier alpha value is -0.0800. The maximum atomic E-state index is 6.41. The highest BCUT2D eigenvalue weighted by molar-refractivity contribution is 4.84. The normalized spacial score (nSPS) is 29.7. The molecule has 2 heteroatoms. The van der Waals surface area contributed by atoms with E-state index in [-0.39, 0.29) is 5.41 Å². The van der Waals surface area contributed by atoms with Crippen LogP contribution in [0.15, 0.2) is 0 Å². The van der Waals surface area contributed by atoms with Gasteiger partial charge in [-0.1, -0.05) is 54.9 Å². The zero-order valence-electron chi connectivity index (χ0n) is 14.8. The van der Waals surface area contributed by atoms with Crippen LogP contribution in [-0.2, 0) is 4.74 Å². The van der Waals surface area contributed by atoms with Crippen LogP contribution in [0.3, 0.4) is 0 Å². The molecule has 4 unspecified atom stereocenters. The standard InChI is InChI=1S/C18H37NO/c1-8-19-17(18(5,6)7)12-20-16-11-14(4)9-10-15(16)13(2)3/h13-17,19H,8-12H2,1-7H3. The zero-order chi connectivity index (χ0) is 15.3. The first kappa shape index (κ1) is 18.0. The first-order chi connectivity index (χ1) is 9.25. The van der Waals surface area contributed by atoms with Gasteiger partial charge in [-0.2, -0.15) is 0 Å². The summed E-state index contributed by atoms with van der Waals surface area (Å²) in [5.74, 6) is 2.30. The third-order valence-electron chi connectivity index (χ3n) is 4.93. The molecule has 0 spiro atoms. The summed E-state index contributed by atoms with van der Waals surface area (Å²) < 4.78 is 6.41. The minimum Gasteiger partial charge on any atom is -0.376 e. The van der Waals surface area contributed by atoms with Gasteiger partial charge >= 0.3 is 0 Å². The van der Waals surface area contributed by atoms with Gasteiger partial charge in [0.2, 0.25) is 0 Å². The Morgan fingerprint density at radius 1 is 1.20 bits per heavy atom. The average molecular weight is 284 g/mol. The molecule has 120 valence electrons. The molecule has 0 aromatic carbocycles. The summed E-state index contributed by atoms with van der Waals surface area (Å²) in [7, 11) is 0. The molecule has 0 saturated heterocycles. The first-order valence-corrected chi connectivity index (χ1v) is 8.60. The van der Waals surface area contributed by atoms with Crippen molar-refractivity contribution in [2.24, 2.45) is 23.2 Å². The molecular formula is C18H37NO. The number of rotatable bonds is 6. The molecule has 0 radical (unpaired) electrons. The number of nitrogens with one attached hydrogen (secondary N) is 1. The van der Waals surface area contributed by atoms with Gasteiger partial charge in [-0.3, -0.25) is 0 Å². The van der Waals surface area contributed by atoms with Crippen molar-refractivity contribution in [3.8, 4) is 0 Å². The minimum atomic E-state index is 0.254. The van der Waals surface area contributed by atoms with Gasteiger partial charge in [0.05, 0.1) is 12.7 Å². The van der Waals surface area contributed by atoms with E-state index in [0.717, 1.165) is 30.9 Å². The highest BCUT2D eigenvalue weighted by Gasteiger charge is 2.33. The van der Waals surface area contributed by atoms with Gasteiger partial charge in [0.1, 0.15) is 0 Å². The van der Waals surface area contributed by atoms with E-state index < -0.39 is 0 Å². The lowest BCUT2D eigenvalue weighted by Gasteiger charge is -2.39. The van der Waals surface area contributed by atoms with Crippen molar-refractivity contribution in [3.05, 3.63) is 0 Å². The molecule has 0 aromatic rings. The lowest BCUT2D eigenvalue weighted by molar-refractivity contribution is -0.0553. The second kappa shape index (κ2) is 7.79. The van der Waals surface area contributed by atoms with E-state index in [1.165, 1.54) is 19.3 Å². The highest BCUT2D eigenvalue weighted by atomic mass is 16.5. The topological polar surface area (TPSA) is 21.3 Å². The summed E-state index contributed by atoms with van der Waals surface area (Å²) in [5.41, 5.74) is 0.254. The summed E-state index contributed by atoms with van der Waals surface area (Å²) in [5, 5.41) is 3.59. The maximum absolute atomic E-state index is 6.41. The van der Waals surface area contributed by atoms with Gasteiger partial charge in [0, 0.05) is 6.04 Å². The van der Waals surface area contributed by atoms with Gasteiger partial charge in [-0.15, -0.1) is 0 Å². The molecule has 0 bridgehead atoms. The van der Waals surface area contributed by atoms with Crippen LogP contribution in [0.4, 0.5) is 0 Å². The Labute approximate surface area is 127 Å². The van der Waals surface area contributed by atoms with E-state index in [0.29, 0.717) is 12.1 Å². The second-order valence-corrected chi connectivity index (χ2v) is 8.17. The van der Waals surface area contributed by atoms with Crippen molar-refractivity contribution in [1.29, 1.82) is 0 Å². The van der Waals surface area contributed by atoms with Crippen LogP contribution in [-0.4, -0.2) is 25.3 Å². The molecule has 1 fully saturated rings. The van der Waals surface area contributed by atoms with Gasteiger partial charge < -0.3 is 10.1 Å². The summed E-state index contributed by atoms with van der Waals surface area (Å²) in [6.45, 7) is 18.0. The van der Waals surface area contributed by atoms with Gasteiger partial charge in [0.15, 0.2) is 0 Å². The van der Waals surface area contributed by atoms with Crippen LogP contribution < -0.4 is 5.32 Å². The van der Waals surface area contributed by atoms with Gasteiger partial charge in [0.25, 0.3) is 0 Å². The summed E-state index contributed by atoms with van der Waals surface area (Å²) in [4.78, 5) is 0. The molecular weight excluding hydrogens is 246 g/mol. The van der Waals surface area contributed by atoms with Gasteiger partial charge in [-0.25, -0.2) is 0 Å². The predicted octanol–water partition coefficient (Wildman–Crippen LogP) is 4.49. The van der Waals surface area contributed by atoms with Crippen molar-refractivity contribution in [2.75, 3.05) is 13.2 Å². The van der Waals surface area contributed by atoms with E-state index in [2.05, 4.69) is 53.8 Å². The Morgan fingerprint density at radius 3 is 2.35 bits per heavy atom. The van der Waals surface area contributed by atoms with E-state index in [9.17, 15) is 0 Å². The average Bonchev–Trinajstić information content (AvgIpc) is 2.32. The molecule has 4 atom stereocenters. The van der Waals surface area contributed by atoms with Crippen LogP contribution >= 0.6 is 0 Å². The van der Waals surface area contributed by atoms with Crippen molar-refractivity contribution < 1.29 is 4.74 Å².